The standard InChI is InChI=1S/C19H23N7O2/c1-11-7-13(8-22-17(11)18(20)28)23-19-21-6-5-16(24-19)25-9-14-3-4-15(10-25)26(14)12(2)27/h5-8,14-15H,3-4,9-10H2,1-2H3,(H2,20,28)(H,21,23,24)/t14-,15+. The number of nitrogens with one attached hydrogen (secondary N) is 1. The molecule has 2 aliphatic rings. The van der Waals surface area contributed by atoms with E-state index in [4.69, 9.17) is 5.73 Å². The van der Waals surface area contributed by atoms with Crippen molar-refractivity contribution in [3.05, 3.63) is 35.8 Å². The summed E-state index contributed by atoms with van der Waals surface area (Å²) in [6.07, 6.45) is 5.32. The number of pyridine rings is 1. The van der Waals surface area contributed by atoms with Crippen molar-refractivity contribution in [1.82, 2.24) is 19.9 Å². The number of anilines is 3. The second-order valence-electron chi connectivity index (χ2n) is 7.33. The number of carbonyl (C=O) groups excluding carboxylic acids is 2. The summed E-state index contributed by atoms with van der Waals surface area (Å²) in [5.74, 6) is 0.879. The van der Waals surface area contributed by atoms with Crippen molar-refractivity contribution in [1.29, 1.82) is 0 Å². The Balaban J connectivity index is 1.51. The van der Waals surface area contributed by atoms with E-state index in [0.29, 0.717) is 17.2 Å². The van der Waals surface area contributed by atoms with Crippen molar-refractivity contribution in [2.24, 2.45) is 5.73 Å². The van der Waals surface area contributed by atoms with Crippen molar-refractivity contribution < 1.29 is 9.59 Å². The zero-order chi connectivity index (χ0) is 19.8. The first-order chi connectivity index (χ1) is 13.4. The van der Waals surface area contributed by atoms with Crippen LogP contribution in [0.2, 0.25) is 0 Å². The molecule has 9 heteroatoms. The van der Waals surface area contributed by atoms with Gasteiger partial charge in [-0.15, -0.1) is 0 Å². The number of rotatable bonds is 4. The van der Waals surface area contributed by atoms with E-state index in [2.05, 4.69) is 25.2 Å². The molecule has 146 valence electrons. The lowest BCUT2D eigenvalue weighted by molar-refractivity contribution is -0.132. The van der Waals surface area contributed by atoms with Gasteiger partial charge in [-0.2, -0.15) is 4.98 Å². The van der Waals surface area contributed by atoms with Crippen LogP contribution in [0.1, 0.15) is 35.8 Å². The van der Waals surface area contributed by atoms with Crippen LogP contribution in [0.15, 0.2) is 24.5 Å². The van der Waals surface area contributed by atoms with Gasteiger partial charge in [-0.3, -0.25) is 9.59 Å². The zero-order valence-corrected chi connectivity index (χ0v) is 15.9. The molecule has 3 N–H and O–H groups in total. The number of aryl methyl sites for hydroxylation is 1. The third kappa shape index (κ3) is 3.35. The molecule has 4 rings (SSSR count). The number of nitrogens with two attached hydrogens (primary N) is 1. The Hall–Kier alpha value is -3.23. The van der Waals surface area contributed by atoms with E-state index < -0.39 is 5.91 Å². The van der Waals surface area contributed by atoms with E-state index in [1.54, 1.807) is 26.1 Å². The van der Waals surface area contributed by atoms with Crippen molar-refractivity contribution in [2.75, 3.05) is 23.3 Å². The lowest BCUT2D eigenvalue weighted by Crippen LogP contribution is -2.55. The Morgan fingerprint density at radius 3 is 2.54 bits per heavy atom. The molecule has 0 aliphatic carbocycles. The van der Waals surface area contributed by atoms with Gasteiger partial charge in [0.1, 0.15) is 11.5 Å². The Bertz CT molecular complexity index is 918. The van der Waals surface area contributed by atoms with Crippen LogP contribution in [0, 0.1) is 6.92 Å². The van der Waals surface area contributed by atoms with Crippen LogP contribution in [0.5, 0.6) is 0 Å². The normalized spacial score (nSPS) is 20.9. The highest BCUT2D eigenvalue weighted by molar-refractivity contribution is 5.92. The molecule has 2 bridgehead atoms. The van der Waals surface area contributed by atoms with Crippen molar-refractivity contribution in [2.45, 2.75) is 38.8 Å². The molecule has 0 radical (unpaired) electrons. The average Bonchev–Trinajstić information content (AvgIpc) is 2.92. The van der Waals surface area contributed by atoms with Crippen LogP contribution >= 0.6 is 0 Å². The summed E-state index contributed by atoms with van der Waals surface area (Å²) >= 11 is 0. The Morgan fingerprint density at radius 2 is 1.93 bits per heavy atom. The minimum Gasteiger partial charge on any atom is -0.364 e. The molecule has 2 aromatic rings. The van der Waals surface area contributed by atoms with Gasteiger partial charge >= 0.3 is 0 Å². The molecule has 0 spiro atoms. The maximum absolute atomic E-state index is 11.9. The van der Waals surface area contributed by atoms with E-state index in [-0.39, 0.29) is 23.7 Å². The molecule has 2 aromatic heterocycles. The summed E-state index contributed by atoms with van der Waals surface area (Å²) in [6, 6.07) is 4.16. The molecule has 0 unspecified atom stereocenters. The molecule has 0 saturated carbocycles. The van der Waals surface area contributed by atoms with Crippen LogP contribution in [-0.2, 0) is 4.79 Å². The molecule has 2 aliphatic heterocycles. The summed E-state index contributed by atoms with van der Waals surface area (Å²) in [4.78, 5) is 40.5. The van der Waals surface area contributed by atoms with Gasteiger partial charge in [-0.1, -0.05) is 0 Å². The number of primary amides is 1. The summed E-state index contributed by atoms with van der Waals surface area (Å²) in [5, 5.41) is 3.13. The fourth-order valence-corrected chi connectivity index (χ4v) is 4.22. The fourth-order valence-electron chi connectivity index (χ4n) is 4.22. The number of amides is 2. The van der Waals surface area contributed by atoms with E-state index in [1.807, 2.05) is 11.0 Å². The average molecular weight is 381 g/mol. The van der Waals surface area contributed by atoms with E-state index >= 15 is 0 Å². The number of fused-ring (bicyclic) bond motifs is 2. The van der Waals surface area contributed by atoms with Gasteiger partial charge in [0.25, 0.3) is 5.91 Å². The summed E-state index contributed by atoms with van der Waals surface area (Å²) in [5.41, 5.74) is 6.92. The number of hydrogen-bond acceptors (Lipinski definition) is 7. The van der Waals surface area contributed by atoms with Crippen molar-refractivity contribution >= 4 is 29.3 Å². The number of piperazine rings is 1. The number of nitrogens with zero attached hydrogens (tertiary/aromatic N) is 5. The van der Waals surface area contributed by atoms with Gasteiger partial charge < -0.3 is 20.9 Å². The molecule has 2 atom stereocenters. The van der Waals surface area contributed by atoms with Crippen LogP contribution in [0.25, 0.3) is 0 Å². The van der Waals surface area contributed by atoms with Gasteiger partial charge in [0.15, 0.2) is 0 Å². The lowest BCUT2D eigenvalue weighted by Gasteiger charge is -2.41. The van der Waals surface area contributed by atoms with Gasteiger partial charge in [0.05, 0.1) is 11.9 Å². The second kappa shape index (κ2) is 7.06. The quantitative estimate of drug-likeness (QED) is 0.818. The van der Waals surface area contributed by atoms with Crippen LogP contribution in [0.4, 0.5) is 17.5 Å². The highest BCUT2D eigenvalue weighted by Crippen LogP contribution is 2.32. The topological polar surface area (TPSA) is 117 Å². The number of carbonyl (C=O) groups is 2. The third-order valence-electron chi connectivity index (χ3n) is 5.38. The fraction of sp³-hybridized carbons (Fsp3) is 0.421. The van der Waals surface area contributed by atoms with Gasteiger partial charge in [-0.25, -0.2) is 9.97 Å². The van der Waals surface area contributed by atoms with Gasteiger partial charge in [0.2, 0.25) is 11.9 Å². The molecule has 2 amide bonds. The minimum absolute atomic E-state index is 0.152. The summed E-state index contributed by atoms with van der Waals surface area (Å²) in [7, 11) is 0. The predicted octanol–water partition coefficient (Wildman–Crippen LogP) is 1.22. The van der Waals surface area contributed by atoms with Crippen LogP contribution < -0.4 is 16.0 Å². The first kappa shape index (κ1) is 18.1. The number of hydrogen-bond donors (Lipinski definition) is 2. The first-order valence-corrected chi connectivity index (χ1v) is 9.32. The van der Waals surface area contributed by atoms with Gasteiger partial charge in [0, 0.05) is 38.3 Å². The molecular weight excluding hydrogens is 358 g/mol. The highest BCUT2D eigenvalue weighted by Gasteiger charge is 2.41. The highest BCUT2D eigenvalue weighted by atomic mass is 16.2. The Labute approximate surface area is 163 Å². The maximum Gasteiger partial charge on any atom is 0.267 e. The number of aromatic nitrogens is 3. The van der Waals surface area contributed by atoms with E-state index in [1.165, 1.54) is 6.20 Å². The summed E-state index contributed by atoms with van der Waals surface area (Å²) < 4.78 is 0. The second-order valence-corrected chi connectivity index (χ2v) is 7.33. The van der Waals surface area contributed by atoms with Gasteiger partial charge in [-0.05, 0) is 37.5 Å². The Kier molecular flexibility index (Phi) is 4.58. The SMILES string of the molecule is CC(=O)N1[C@@H]2CC[C@H]1CN(c1ccnc(Nc3cnc(C(N)=O)c(C)c3)n1)C2. The lowest BCUT2D eigenvalue weighted by atomic mass is 10.2. The molecule has 2 saturated heterocycles. The maximum atomic E-state index is 11.9. The first-order valence-electron chi connectivity index (χ1n) is 9.32. The Morgan fingerprint density at radius 1 is 1.21 bits per heavy atom. The zero-order valence-electron chi connectivity index (χ0n) is 15.9. The van der Waals surface area contributed by atoms with E-state index in [0.717, 1.165) is 31.7 Å². The molecular formula is C19H23N7O2. The molecule has 2 fully saturated rings. The van der Waals surface area contributed by atoms with Crippen LogP contribution in [-0.4, -0.2) is 56.8 Å². The van der Waals surface area contributed by atoms with Crippen molar-refractivity contribution in [3.8, 4) is 0 Å². The third-order valence-corrected chi connectivity index (χ3v) is 5.38. The molecule has 28 heavy (non-hydrogen) atoms. The summed E-state index contributed by atoms with van der Waals surface area (Å²) in [6.45, 7) is 4.98. The minimum atomic E-state index is -0.554. The van der Waals surface area contributed by atoms with Crippen LogP contribution in [0.3, 0.4) is 0 Å². The largest absolute Gasteiger partial charge is 0.364 e. The molecule has 9 nitrogen and oxygen atoms in total. The monoisotopic (exact) mass is 381 g/mol. The molecule has 4 heterocycles. The predicted molar refractivity (Wildman–Crippen MR) is 104 cm³/mol. The smallest absolute Gasteiger partial charge is 0.267 e. The van der Waals surface area contributed by atoms with E-state index in [9.17, 15) is 9.59 Å². The van der Waals surface area contributed by atoms with Crippen molar-refractivity contribution in [3.63, 3.8) is 0 Å². The molecule has 0 aromatic carbocycles.